The summed E-state index contributed by atoms with van der Waals surface area (Å²) in [7, 11) is 1.73. The smallest absolute Gasteiger partial charge is 0.274 e. The van der Waals surface area contributed by atoms with E-state index in [4.69, 9.17) is 23.2 Å². The lowest BCUT2D eigenvalue weighted by Crippen LogP contribution is -2.28. The Kier molecular flexibility index (Phi) is 4.42. The first-order valence-corrected chi connectivity index (χ1v) is 7.79. The highest BCUT2D eigenvalue weighted by Gasteiger charge is 2.18. The van der Waals surface area contributed by atoms with Crippen LogP contribution in [0.2, 0.25) is 10.0 Å². The predicted octanol–water partition coefficient (Wildman–Crippen LogP) is 5.06. The lowest BCUT2D eigenvalue weighted by molar-refractivity contribution is 0.0986. The predicted molar refractivity (Wildman–Crippen MR) is 95.0 cm³/mol. The quantitative estimate of drug-likeness (QED) is 0.651. The molecule has 0 radical (unpaired) electrons. The third kappa shape index (κ3) is 3.11. The highest BCUT2D eigenvalue weighted by molar-refractivity contribution is 6.32. The summed E-state index contributed by atoms with van der Waals surface area (Å²) in [6.45, 7) is 0. The summed E-state index contributed by atoms with van der Waals surface area (Å²) in [5.74, 6) is -0.128. The number of carbonyl (C=O) groups is 1. The number of hydrogen-bond acceptors (Lipinski definition) is 1. The molecule has 0 bridgehead atoms. The van der Waals surface area contributed by atoms with Crippen molar-refractivity contribution in [1.82, 2.24) is 4.57 Å². The van der Waals surface area contributed by atoms with Gasteiger partial charge in [0.05, 0.1) is 10.7 Å². The zero-order valence-corrected chi connectivity index (χ0v) is 13.9. The van der Waals surface area contributed by atoms with Gasteiger partial charge in [-0.15, -0.1) is 0 Å². The number of amides is 1. The maximum atomic E-state index is 12.8. The summed E-state index contributed by atoms with van der Waals surface area (Å²) in [6, 6.07) is 18.2. The Hall–Kier alpha value is -2.23. The lowest BCUT2D eigenvalue weighted by Gasteiger charge is -2.19. The minimum absolute atomic E-state index is 0.128. The van der Waals surface area contributed by atoms with Gasteiger partial charge in [0.15, 0.2) is 0 Å². The Morgan fingerprint density at radius 1 is 0.957 bits per heavy atom. The van der Waals surface area contributed by atoms with Crippen molar-refractivity contribution in [3.8, 4) is 5.69 Å². The van der Waals surface area contributed by atoms with Crippen molar-refractivity contribution in [2.45, 2.75) is 0 Å². The molecule has 0 spiro atoms. The van der Waals surface area contributed by atoms with Gasteiger partial charge in [0, 0.05) is 24.0 Å². The van der Waals surface area contributed by atoms with E-state index in [9.17, 15) is 4.79 Å². The van der Waals surface area contributed by atoms with Crippen molar-refractivity contribution < 1.29 is 4.79 Å². The normalized spacial score (nSPS) is 10.6. The molecular weight excluding hydrogens is 331 g/mol. The largest absolute Gasteiger partial charge is 0.311 e. The van der Waals surface area contributed by atoms with Crippen LogP contribution in [0.3, 0.4) is 0 Å². The van der Waals surface area contributed by atoms with Gasteiger partial charge in [0.1, 0.15) is 5.69 Å². The standard InChI is InChI=1S/C18H14Cl2N2O/c1-21(14-10-8-13(19)9-11-14)18(23)17-7-4-12-22(17)16-6-3-2-5-15(16)20/h2-12H,1H3. The minimum atomic E-state index is -0.128. The van der Waals surface area contributed by atoms with Crippen molar-refractivity contribution in [2.75, 3.05) is 11.9 Å². The molecule has 116 valence electrons. The molecule has 0 aliphatic carbocycles. The van der Waals surface area contributed by atoms with E-state index in [1.54, 1.807) is 40.8 Å². The SMILES string of the molecule is CN(C(=O)c1cccn1-c1ccccc1Cl)c1ccc(Cl)cc1. The molecule has 0 N–H and O–H groups in total. The fraction of sp³-hybridized carbons (Fsp3) is 0.0556. The zero-order chi connectivity index (χ0) is 16.4. The zero-order valence-electron chi connectivity index (χ0n) is 12.4. The van der Waals surface area contributed by atoms with Crippen LogP contribution in [0.5, 0.6) is 0 Å². The van der Waals surface area contributed by atoms with E-state index in [0.29, 0.717) is 15.7 Å². The number of carbonyl (C=O) groups excluding carboxylic acids is 1. The minimum Gasteiger partial charge on any atom is -0.311 e. The second-order valence-corrected chi connectivity index (χ2v) is 5.90. The van der Waals surface area contributed by atoms with E-state index < -0.39 is 0 Å². The highest BCUT2D eigenvalue weighted by Crippen LogP contribution is 2.24. The third-order valence-electron chi connectivity index (χ3n) is 3.60. The van der Waals surface area contributed by atoms with Gasteiger partial charge in [0.25, 0.3) is 5.91 Å². The molecule has 1 heterocycles. The fourth-order valence-corrected chi connectivity index (χ4v) is 2.72. The first-order valence-electron chi connectivity index (χ1n) is 7.04. The van der Waals surface area contributed by atoms with Gasteiger partial charge in [-0.3, -0.25) is 4.79 Å². The maximum absolute atomic E-state index is 12.8. The van der Waals surface area contributed by atoms with Crippen LogP contribution in [0.15, 0.2) is 66.9 Å². The van der Waals surface area contributed by atoms with E-state index in [-0.39, 0.29) is 5.91 Å². The molecule has 0 saturated heterocycles. The average molecular weight is 345 g/mol. The first kappa shape index (κ1) is 15.7. The molecule has 0 fully saturated rings. The van der Waals surface area contributed by atoms with Gasteiger partial charge in [-0.2, -0.15) is 0 Å². The van der Waals surface area contributed by atoms with E-state index in [2.05, 4.69) is 0 Å². The number of nitrogens with zero attached hydrogens (tertiary/aromatic N) is 2. The Balaban J connectivity index is 1.97. The Labute approximate surface area is 144 Å². The molecule has 1 aromatic heterocycles. The number of benzene rings is 2. The van der Waals surface area contributed by atoms with Crippen molar-refractivity contribution in [1.29, 1.82) is 0 Å². The van der Waals surface area contributed by atoms with Crippen molar-refractivity contribution >= 4 is 34.8 Å². The molecule has 0 atom stereocenters. The molecule has 23 heavy (non-hydrogen) atoms. The van der Waals surface area contributed by atoms with Gasteiger partial charge in [-0.05, 0) is 48.5 Å². The van der Waals surface area contributed by atoms with Gasteiger partial charge < -0.3 is 9.47 Å². The molecule has 3 rings (SSSR count). The second kappa shape index (κ2) is 6.49. The van der Waals surface area contributed by atoms with Crippen LogP contribution >= 0.6 is 23.2 Å². The van der Waals surface area contributed by atoms with Gasteiger partial charge >= 0.3 is 0 Å². The van der Waals surface area contributed by atoms with Gasteiger partial charge in [-0.1, -0.05) is 35.3 Å². The van der Waals surface area contributed by atoms with Crippen LogP contribution < -0.4 is 4.90 Å². The maximum Gasteiger partial charge on any atom is 0.274 e. The van der Waals surface area contributed by atoms with Crippen LogP contribution in [0.4, 0.5) is 5.69 Å². The van der Waals surface area contributed by atoms with Crippen molar-refractivity contribution in [3.05, 3.63) is 82.6 Å². The van der Waals surface area contributed by atoms with Gasteiger partial charge in [0.2, 0.25) is 0 Å². The number of anilines is 1. The van der Waals surface area contributed by atoms with Crippen LogP contribution in [0.25, 0.3) is 5.69 Å². The monoisotopic (exact) mass is 344 g/mol. The van der Waals surface area contributed by atoms with Crippen molar-refractivity contribution in [3.63, 3.8) is 0 Å². The summed E-state index contributed by atoms with van der Waals surface area (Å²) < 4.78 is 1.79. The average Bonchev–Trinajstić information content (AvgIpc) is 3.04. The molecule has 3 aromatic rings. The van der Waals surface area contributed by atoms with Crippen LogP contribution in [-0.2, 0) is 0 Å². The molecule has 0 aliphatic rings. The van der Waals surface area contributed by atoms with E-state index in [1.165, 1.54) is 0 Å². The third-order valence-corrected chi connectivity index (χ3v) is 4.17. The van der Waals surface area contributed by atoms with E-state index in [0.717, 1.165) is 11.4 Å². The summed E-state index contributed by atoms with van der Waals surface area (Å²) >= 11 is 12.1. The topological polar surface area (TPSA) is 25.2 Å². The second-order valence-electron chi connectivity index (χ2n) is 5.06. The molecule has 5 heteroatoms. The molecule has 2 aromatic carbocycles. The number of rotatable bonds is 3. The lowest BCUT2D eigenvalue weighted by atomic mass is 10.2. The first-order chi connectivity index (χ1) is 11.1. The Morgan fingerprint density at radius 3 is 2.35 bits per heavy atom. The number of halogens is 2. The molecule has 0 aliphatic heterocycles. The molecular formula is C18H14Cl2N2O. The molecule has 3 nitrogen and oxygen atoms in total. The summed E-state index contributed by atoms with van der Waals surface area (Å²) in [5.41, 5.74) is 2.08. The highest BCUT2D eigenvalue weighted by atomic mass is 35.5. The van der Waals surface area contributed by atoms with E-state index >= 15 is 0 Å². The Morgan fingerprint density at radius 2 is 1.65 bits per heavy atom. The van der Waals surface area contributed by atoms with Crippen LogP contribution in [0, 0.1) is 0 Å². The number of aromatic nitrogens is 1. The van der Waals surface area contributed by atoms with Crippen molar-refractivity contribution in [2.24, 2.45) is 0 Å². The van der Waals surface area contributed by atoms with Crippen LogP contribution in [0.1, 0.15) is 10.5 Å². The summed E-state index contributed by atoms with van der Waals surface area (Å²) in [4.78, 5) is 14.4. The van der Waals surface area contributed by atoms with E-state index in [1.807, 2.05) is 42.6 Å². The van der Waals surface area contributed by atoms with Crippen LogP contribution in [-0.4, -0.2) is 17.5 Å². The Bertz CT molecular complexity index is 840. The van der Waals surface area contributed by atoms with Gasteiger partial charge in [-0.25, -0.2) is 0 Å². The number of hydrogen-bond donors (Lipinski definition) is 0. The summed E-state index contributed by atoms with van der Waals surface area (Å²) in [6.07, 6.45) is 1.82. The summed E-state index contributed by atoms with van der Waals surface area (Å²) in [5, 5.41) is 1.22. The molecule has 0 saturated carbocycles. The number of para-hydroxylation sites is 1. The molecule has 1 amide bonds. The fourth-order valence-electron chi connectivity index (χ4n) is 2.37. The molecule has 0 unspecified atom stereocenters.